The highest BCUT2D eigenvalue weighted by atomic mass is 19.1. The van der Waals surface area contributed by atoms with E-state index in [9.17, 15) is 9.18 Å². The van der Waals surface area contributed by atoms with Gasteiger partial charge in [0.1, 0.15) is 5.82 Å². The highest BCUT2D eigenvalue weighted by Crippen LogP contribution is 2.39. The van der Waals surface area contributed by atoms with E-state index >= 15 is 0 Å². The average molecular weight is 369 g/mol. The van der Waals surface area contributed by atoms with Gasteiger partial charge in [-0.15, -0.1) is 0 Å². The predicted octanol–water partition coefficient (Wildman–Crippen LogP) is 3.74. The van der Waals surface area contributed by atoms with Gasteiger partial charge in [0.25, 0.3) is 0 Å². The van der Waals surface area contributed by atoms with Crippen LogP contribution in [0.1, 0.15) is 43.7 Å². The number of fused-ring (bicyclic) bond motifs is 2. The number of likely N-dealkylation sites (tertiary alicyclic amines) is 2. The summed E-state index contributed by atoms with van der Waals surface area (Å²) in [6.45, 7) is 4.15. The minimum Gasteiger partial charge on any atom is -0.344 e. The molecule has 2 aliphatic heterocycles. The van der Waals surface area contributed by atoms with Crippen molar-refractivity contribution in [3.8, 4) is 0 Å². The fraction of sp³-hybridized carbons (Fsp3) is 0.591. The Morgan fingerprint density at radius 1 is 1.11 bits per heavy atom. The summed E-state index contributed by atoms with van der Waals surface area (Å²) in [5, 5.41) is 0.743. The molecule has 0 bridgehead atoms. The maximum absolute atomic E-state index is 14.2. The third kappa shape index (κ3) is 2.70. The summed E-state index contributed by atoms with van der Waals surface area (Å²) in [6, 6.07) is 6.81. The number of likely N-dealkylation sites (N-methyl/N-ethyl adjacent to an activating group) is 1. The number of amides is 1. The van der Waals surface area contributed by atoms with Crippen molar-refractivity contribution in [1.82, 2.24) is 14.4 Å². The van der Waals surface area contributed by atoms with Crippen LogP contribution in [0.25, 0.3) is 10.9 Å². The molecule has 2 aromatic rings. The van der Waals surface area contributed by atoms with Gasteiger partial charge in [0, 0.05) is 62.2 Å². The summed E-state index contributed by atoms with van der Waals surface area (Å²) in [4.78, 5) is 16.5. The lowest BCUT2D eigenvalue weighted by Crippen LogP contribution is -2.41. The number of nitrogens with zero attached hydrogens (tertiary/aromatic N) is 3. The maximum Gasteiger partial charge on any atom is 0.223 e. The van der Waals surface area contributed by atoms with Gasteiger partial charge < -0.3 is 9.47 Å². The van der Waals surface area contributed by atoms with Crippen LogP contribution >= 0.6 is 0 Å². The molecule has 2 saturated heterocycles. The van der Waals surface area contributed by atoms with Crippen molar-refractivity contribution in [3.05, 3.63) is 35.8 Å². The lowest BCUT2D eigenvalue weighted by Gasteiger charge is -2.37. The van der Waals surface area contributed by atoms with Crippen molar-refractivity contribution >= 4 is 16.8 Å². The van der Waals surface area contributed by atoms with E-state index in [4.69, 9.17) is 0 Å². The first-order valence-electron chi connectivity index (χ1n) is 10.3. The zero-order valence-corrected chi connectivity index (χ0v) is 16.2. The van der Waals surface area contributed by atoms with Gasteiger partial charge in [-0.25, -0.2) is 4.39 Å². The Balaban J connectivity index is 1.37. The summed E-state index contributed by atoms with van der Waals surface area (Å²) in [5.41, 5.74) is 2.21. The molecule has 0 N–H and O–H groups in total. The monoisotopic (exact) mass is 369 g/mol. The largest absolute Gasteiger partial charge is 0.344 e. The fourth-order valence-electron chi connectivity index (χ4n) is 5.83. The smallest absolute Gasteiger partial charge is 0.223 e. The first-order chi connectivity index (χ1) is 13.0. The normalized spacial score (nSPS) is 31.8. The molecule has 1 saturated carbocycles. The number of carbonyl (C=O) groups excluding carboxylic acids is 1. The zero-order chi connectivity index (χ0) is 18.7. The van der Waals surface area contributed by atoms with Gasteiger partial charge in [0.2, 0.25) is 5.91 Å². The van der Waals surface area contributed by atoms with Gasteiger partial charge in [-0.2, -0.15) is 0 Å². The summed E-state index contributed by atoms with van der Waals surface area (Å²) in [7, 11) is 1.96. The molecule has 0 spiro atoms. The number of rotatable bonds is 2. The van der Waals surface area contributed by atoms with Crippen molar-refractivity contribution in [2.75, 3.05) is 20.1 Å². The molecular weight excluding hydrogens is 341 g/mol. The van der Waals surface area contributed by atoms with Crippen molar-refractivity contribution in [2.45, 2.75) is 57.2 Å². The molecular formula is C22H28FN3O. The van der Waals surface area contributed by atoms with Crippen molar-refractivity contribution in [3.63, 3.8) is 0 Å². The van der Waals surface area contributed by atoms with Crippen LogP contribution in [0.4, 0.5) is 4.39 Å². The highest BCUT2D eigenvalue weighted by molar-refractivity contribution is 5.84. The lowest BCUT2D eigenvalue weighted by molar-refractivity contribution is -0.128. The van der Waals surface area contributed by atoms with E-state index in [0.717, 1.165) is 42.4 Å². The Hall–Kier alpha value is -1.88. The van der Waals surface area contributed by atoms with E-state index in [2.05, 4.69) is 22.6 Å². The minimum atomic E-state index is -0.123. The molecule has 4 atom stereocenters. The quantitative estimate of drug-likeness (QED) is 0.807. The number of halogens is 1. The molecule has 0 radical (unpaired) electrons. The Morgan fingerprint density at radius 2 is 1.93 bits per heavy atom. The van der Waals surface area contributed by atoms with Crippen molar-refractivity contribution in [2.24, 2.45) is 5.92 Å². The molecule has 4 nitrogen and oxygen atoms in total. The number of aromatic nitrogens is 1. The van der Waals surface area contributed by atoms with Crippen LogP contribution in [-0.4, -0.2) is 52.5 Å². The van der Waals surface area contributed by atoms with Gasteiger partial charge in [0.15, 0.2) is 0 Å². The predicted molar refractivity (Wildman–Crippen MR) is 104 cm³/mol. The summed E-state index contributed by atoms with van der Waals surface area (Å²) < 4.78 is 16.5. The molecule has 1 aromatic heterocycles. The van der Waals surface area contributed by atoms with E-state index < -0.39 is 0 Å². The fourth-order valence-corrected chi connectivity index (χ4v) is 5.83. The van der Waals surface area contributed by atoms with Gasteiger partial charge in [-0.05, 0) is 50.3 Å². The Morgan fingerprint density at radius 3 is 2.74 bits per heavy atom. The Kier molecular flexibility index (Phi) is 4.04. The van der Waals surface area contributed by atoms with Gasteiger partial charge >= 0.3 is 0 Å². The second-order valence-electron chi connectivity index (χ2n) is 8.81. The average Bonchev–Trinajstić information content (AvgIpc) is 3.35. The molecule has 1 aromatic carbocycles. The third-order valence-electron chi connectivity index (χ3n) is 7.32. The second kappa shape index (κ2) is 6.33. The second-order valence-corrected chi connectivity index (χ2v) is 8.81. The van der Waals surface area contributed by atoms with Crippen LogP contribution < -0.4 is 0 Å². The Labute approximate surface area is 159 Å². The van der Waals surface area contributed by atoms with Crippen LogP contribution in [0.15, 0.2) is 24.4 Å². The first-order valence-corrected chi connectivity index (χ1v) is 10.3. The molecule has 5 heteroatoms. The topological polar surface area (TPSA) is 28.5 Å². The molecule has 0 unspecified atom stereocenters. The van der Waals surface area contributed by atoms with Gasteiger partial charge in [-0.1, -0.05) is 6.07 Å². The van der Waals surface area contributed by atoms with E-state index in [0.29, 0.717) is 36.4 Å². The third-order valence-corrected chi connectivity index (χ3v) is 7.32. The molecule has 1 aliphatic carbocycles. The van der Waals surface area contributed by atoms with Gasteiger partial charge in [0.05, 0.1) is 5.52 Å². The number of hydrogen-bond donors (Lipinski definition) is 0. The minimum absolute atomic E-state index is 0.123. The first kappa shape index (κ1) is 17.2. The molecule has 144 valence electrons. The van der Waals surface area contributed by atoms with E-state index in [1.54, 1.807) is 6.07 Å². The van der Waals surface area contributed by atoms with E-state index in [1.165, 1.54) is 12.8 Å². The molecule has 27 heavy (non-hydrogen) atoms. The van der Waals surface area contributed by atoms with E-state index in [-0.39, 0.29) is 5.82 Å². The van der Waals surface area contributed by atoms with Crippen molar-refractivity contribution < 1.29 is 9.18 Å². The molecule has 3 aliphatic rings. The lowest BCUT2D eigenvalue weighted by atomic mass is 9.89. The van der Waals surface area contributed by atoms with Crippen LogP contribution in [0, 0.1) is 18.7 Å². The maximum atomic E-state index is 14.2. The SMILES string of the molecule is Cc1ccc(F)c2ccn([C@@H]3CCC[C@@H](N4C[C@@H]5CC(=O)N(C)[C@@H]5C4)C3)c12. The molecule has 5 rings (SSSR count). The van der Waals surface area contributed by atoms with Gasteiger partial charge in [-0.3, -0.25) is 9.69 Å². The number of hydrogen-bond acceptors (Lipinski definition) is 2. The van der Waals surface area contributed by atoms with Crippen LogP contribution in [0.2, 0.25) is 0 Å². The van der Waals surface area contributed by atoms with Crippen LogP contribution in [0.5, 0.6) is 0 Å². The van der Waals surface area contributed by atoms with E-state index in [1.807, 2.05) is 24.1 Å². The number of aryl methyl sites for hydroxylation is 1. The zero-order valence-electron chi connectivity index (χ0n) is 16.2. The summed E-state index contributed by atoms with van der Waals surface area (Å²) in [6.07, 6.45) is 7.53. The number of carbonyl (C=O) groups is 1. The van der Waals surface area contributed by atoms with Crippen molar-refractivity contribution in [1.29, 1.82) is 0 Å². The standard InChI is InChI=1S/C22H28FN3O/c1-14-6-7-19(23)18-8-9-26(22(14)18)17-5-3-4-16(11-17)25-12-15-10-21(27)24(2)20(15)13-25/h6-9,15-17,20H,3-5,10-13H2,1-2H3/t15-,16+,17+,20+/m0/s1. The highest BCUT2D eigenvalue weighted by Gasteiger charge is 2.45. The van der Waals surface area contributed by atoms with Crippen LogP contribution in [0.3, 0.4) is 0 Å². The number of benzene rings is 1. The van der Waals surface area contributed by atoms with Crippen LogP contribution in [-0.2, 0) is 4.79 Å². The summed E-state index contributed by atoms with van der Waals surface area (Å²) in [5.74, 6) is 0.691. The molecule has 1 amide bonds. The molecule has 3 heterocycles. The summed E-state index contributed by atoms with van der Waals surface area (Å²) >= 11 is 0. The molecule has 3 fully saturated rings. The Bertz CT molecular complexity index is 891.